The lowest BCUT2D eigenvalue weighted by molar-refractivity contribution is -0.129. The van der Waals surface area contributed by atoms with Gasteiger partial charge in [0.05, 0.1) is 18.8 Å². The van der Waals surface area contributed by atoms with Gasteiger partial charge in [-0.15, -0.1) is 0 Å². The van der Waals surface area contributed by atoms with Crippen LogP contribution >= 0.6 is 0 Å². The van der Waals surface area contributed by atoms with E-state index >= 15 is 0 Å². The van der Waals surface area contributed by atoms with E-state index in [1.54, 1.807) is 0 Å². The van der Waals surface area contributed by atoms with Gasteiger partial charge in [-0.25, -0.2) is 0 Å². The summed E-state index contributed by atoms with van der Waals surface area (Å²) in [6.07, 6.45) is 1.89. The summed E-state index contributed by atoms with van der Waals surface area (Å²) in [5, 5.41) is 6.03. The number of hydrogen-bond donors (Lipinski definition) is 2. The fourth-order valence-corrected chi connectivity index (χ4v) is 3.60. The van der Waals surface area contributed by atoms with Crippen molar-refractivity contribution in [2.75, 3.05) is 24.5 Å². The number of nitrogens with zero attached hydrogens (tertiary/aromatic N) is 1. The number of amides is 2. The first-order valence-electron chi connectivity index (χ1n) is 10.7. The van der Waals surface area contributed by atoms with E-state index in [0.717, 1.165) is 24.9 Å². The Morgan fingerprint density at radius 1 is 1.07 bits per heavy atom. The third-order valence-corrected chi connectivity index (χ3v) is 5.40. The highest BCUT2D eigenvalue weighted by atomic mass is 16.5. The minimum atomic E-state index is -0.641. The average molecular weight is 410 g/mol. The average Bonchev–Trinajstić information content (AvgIpc) is 2.78. The van der Waals surface area contributed by atoms with Crippen LogP contribution in [0.4, 0.5) is 5.69 Å². The molecule has 0 bridgehead atoms. The molecule has 0 aliphatic carbocycles. The van der Waals surface area contributed by atoms with Gasteiger partial charge in [-0.3, -0.25) is 9.59 Å². The van der Waals surface area contributed by atoms with Crippen LogP contribution in [0, 0.1) is 0 Å². The first-order chi connectivity index (χ1) is 14.6. The maximum absolute atomic E-state index is 12.7. The molecule has 3 rings (SSSR count). The van der Waals surface area contributed by atoms with E-state index in [2.05, 4.69) is 24.5 Å². The highest BCUT2D eigenvalue weighted by Crippen LogP contribution is 2.32. The number of ether oxygens (including phenoxy) is 1. The summed E-state index contributed by atoms with van der Waals surface area (Å²) in [6.45, 7) is 5.21. The number of benzene rings is 2. The molecule has 1 aliphatic heterocycles. The summed E-state index contributed by atoms with van der Waals surface area (Å²) in [6, 6.07) is 17.7. The van der Waals surface area contributed by atoms with Crippen molar-refractivity contribution in [3.63, 3.8) is 0 Å². The molecule has 1 atom stereocenters. The van der Waals surface area contributed by atoms with Crippen LogP contribution < -0.4 is 20.3 Å². The van der Waals surface area contributed by atoms with E-state index in [9.17, 15) is 9.59 Å². The third kappa shape index (κ3) is 5.75. The number of carbonyl (C=O) groups is 2. The van der Waals surface area contributed by atoms with Gasteiger partial charge in [0.2, 0.25) is 5.91 Å². The molecule has 160 valence electrons. The van der Waals surface area contributed by atoms with Gasteiger partial charge in [-0.1, -0.05) is 56.3 Å². The molecule has 2 aromatic carbocycles. The first kappa shape index (κ1) is 21.7. The molecule has 0 radical (unpaired) electrons. The largest absolute Gasteiger partial charge is 0.477 e. The van der Waals surface area contributed by atoms with Crippen molar-refractivity contribution in [2.45, 2.75) is 45.3 Å². The molecule has 2 aromatic rings. The van der Waals surface area contributed by atoms with E-state index in [4.69, 9.17) is 4.74 Å². The minimum absolute atomic E-state index is 0.0678. The molecule has 6 heteroatoms. The molecular weight excluding hydrogens is 378 g/mol. The molecular formula is C24H31N3O3. The molecule has 30 heavy (non-hydrogen) atoms. The number of rotatable bonds is 9. The quantitative estimate of drug-likeness (QED) is 0.668. The zero-order valence-electron chi connectivity index (χ0n) is 17.8. The standard InChI is InChI=1S/C24H31N3O3/c1-3-19(4-2)26-24(29)22-16-27(20-12-8-9-13-21(20)30-22)17-23(28)25-15-14-18-10-6-5-7-11-18/h5-13,19,22H,3-4,14-17H2,1-2H3,(H,25,28)(H,26,29). The predicted octanol–water partition coefficient (Wildman–Crippen LogP) is 2.92. The van der Waals surface area contributed by atoms with E-state index in [-0.39, 0.29) is 24.4 Å². The Labute approximate surface area is 178 Å². The summed E-state index contributed by atoms with van der Waals surface area (Å²) in [5.74, 6) is 0.431. The summed E-state index contributed by atoms with van der Waals surface area (Å²) < 4.78 is 5.95. The number of para-hydroxylation sites is 2. The molecule has 6 nitrogen and oxygen atoms in total. The van der Waals surface area contributed by atoms with Crippen LogP contribution in [-0.2, 0) is 16.0 Å². The summed E-state index contributed by atoms with van der Waals surface area (Å²) in [7, 11) is 0. The van der Waals surface area contributed by atoms with E-state index in [1.807, 2.05) is 59.5 Å². The highest BCUT2D eigenvalue weighted by Gasteiger charge is 2.32. The molecule has 0 fully saturated rings. The van der Waals surface area contributed by atoms with Crippen molar-refractivity contribution in [2.24, 2.45) is 0 Å². The molecule has 0 aromatic heterocycles. The minimum Gasteiger partial charge on any atom is -0.477 e. The number of fused-ring (bicyclic) bond motifs is 1. The van der Waals surface area contributed by atoms with Crippen molar-refractivity contribution in [1.29, 1.82) is 0 Å². The second kappa shape index (κ2) is 10.7. The topological polar surface area (TPSA) is 70.7 Å². The molecule has 0 saturated carbocycles. The fourth-order valence-electron chi connectivity index (χ4n) is 3.60. The van der Waals surface area contributed by atoms with E-state index in [1.165, 1.54) is 5.56 Å². The third-order valence-electron chi connectivity index (χ3n) is 5.40. The lowest BCUT2D eigenvalue weighted by Crippen LogP contribution is -2.52. The second-order valence-corrected chi connectivity index (χ2v) is 7.56. The Kier molecular flexibility index (Phi) is 7.71. The number of anilines is 1. The van der Waals surface area contributed by atoms with Gasteiger partial charge in [-0.2, -0.15) is 0 Å². The Morgan fingerprint density at radius 3 is 2.50 bits per heavy atom. The van der Waals surface area contributed by atoms with Crippen LogP contribution in [0.3, 0.4) is 0 Å². The molecule has 2 amide bonds. The van der Waals surface area contributed by atoms with Crippen LogP contribution in [0.25, 0.3) is 0 Å². The Bertz CT molecular complexity index is 837. The Morgan fingerprint density at radius 2 is 1.77 bits per heavy atom. The van der Waals surface area contributed by atoms with Crippen molar-refractivity contribution in [3.8, 4) is 5.75 Å². The van der Waals surface area contributed by atoms with Crippen LogP contribution in [0.5, 0.6) is 5.75 Å². The van der Waals surface area contributed by atoms with Gasteiger partial charge < -0.3 is 20.3 Å². The van der Waals surface area contributed by atoms with Gasteiger partial charge in [0.1, 0.15) is 5.75 Å². The molecule has 0 saturated heterocycles. The SMILES string of the molecule is CCC(CC)NC(=O)C1CN(CC(=O)NCCc2ccccc2)c2ccccc2O1. The fraction of sp³-hybridized carbons (Fsp3) is 0.417. The van der Waals surface area contributed by atoms with Crippen molar-refractivity contribution < 1.29 is 14.3 Å². The molecule has 1 unspecified atom stereocenters. The zero-order valence-corrected chi connectivity index (χ0v) is 17.8. The first-order valence-corrected chi connectivity index (χ1v) is 10.7. The molecule has 1 aliphatic rings. The van der Waals surface area contributed by atoms with Crippen LogP contribution in [0.2, 0.25) is 0 Å². The van der Waals surface area contributed by atoms with Gasteiger partial charge in [0, 0.05) is 12.6 Å². The molecule has 0 spiro atoms. The van der Waals surface area contributed by atoms with E-state index in [0.29, 0.717) is 18.8 Å². The summed E-state index contributed by atoms with van der Waals surface area (Å²) >= 11 is 0. The van der Waals surface area contributed by atoms with Crippen LogP contribution in [-0.4, -0.2) is 43.6 Å². The van der Waals surface area contributed by atoms with Crippen molar-refractivity contribution in [3.05, 3.63) is 60.2 Å². The second-order valence-electron chi connectivity index (χ2n) is 7.56. The summed E-state index contributed by atoms with van der Waals surface area (Å²) in [4.78, 5) is 27.2. The van der Waals surface area contributed by atoms with Crippen LogP contribution in [0.1, 0.15) is 32.3 Å². The summed E-state index contributed by atoms with van der Waals surface area (Å²) in [5.41, 5.74) is 2.02. The maximum atomic E-state index is 12.7. The van der Waals surface area contributed by atoms with Crippen molar-refractivity contribution >= 4 is 17.5 Å². The number of nitrogens with one attached hydrogen (secondary N) is 2. The monoisotopic (exact) mass is 409 g/mol. The van der Waals surface area contributed by atoms with Crippen molar-refractivity contribution in [1.82, 2.24) is 10.6 Å². The number of carbonyl (C=O) groups excluding carboxylic acids is 2. The maximum Gasteiger partial charge on any atom is 0.263 e. The van der Waals surface area contributed by atoms with Crippen LogP contribution in [0.15, 0.2) is 54.6 Å². The van der Waals surface area contributed by atoms with Gasteiger partial charge >= 0.3 is 0 Å². The van der Waals surface area contributed by atoms with E-state index < -0.39 is 6.10 Å². The predicted molar refractivity (Wildman–Crippen MR) is 119 cm³/mol. The van der Waals surface area contributed by atoms with Gasteiger partial charge in [-0.05, 0) is 37.0 Å². The lowest BCUT2D eigenvalue weighted by Gasteiger charge is -2.35. The lowest BCUT2D eigenvalue weighted by atomic mass is 10.1. The Balaban J connectivity index is 1.60. The molecule has 2 N–H and O–H groups in total. The normalized spacial score (nSPS) is 15.3. The highest BCUT2D eigenvalue weighted by molar-refractivity contribution is 5.86. The van der Waals surface area contributed by atoms with Gasteiger partial charge in [0.25, 0.3) is 5.91 Å². The smallest absolute Gasteiger partial charge is 0.263 e. The molecule has 1 heterocycles. The number of hydrogen-bond acceptors (Lipinski definition) is 4. The Hall–Kier alpha value is -3.02. The van der Waals surface area contributed by atoms with Gasteiger partial charge in [0.15, 0.2) is 6.10 Å². The zero-order chi connectivity index (χ0) is 21.3.